The summed E-state index contributed by atoms with van der Waals surface area (Å²) < 4.78 is 7.02. The minimum atomic E-state index is -0.321. The quantitative estimate of drug-likeness (QED) is 0.395. The van der Waals surface area contributed by atoms with Crippen LogP contribution < -0.4 is 10.6 Å². The summed E-state index contributed by atoms with van der Waals surface area (Å²) in [4.78, 5) is 26.3. The molecule has 0 bridgehead atoms. The SMILES string of the molecule is Cn1cc(Nc2nccc(-c3ccc4c(c3)CCCCC4NC(=O)c3noc(C(C)(C)C)n3)n2)cn1. The number of nitrogens with one attached hydrogen (secondary N) is 2. The monoisotopic (exact) mass is 486 g/mol. The number of aryl methyl sites for hydroxylation is 2. The van der Waals surface area contributed by atoms with E-state index in [1.807, 2.05) is 46.1 Å². The maximum atomic E-state index is 12.9. The Kier molecular flexibility index (Phi) is 6.26. The van der Waals surface area contributed by atoms with E-state index in [0.29, 0.717) is 11.8 Å². The summed E-state index contributed by atoms with van der Waals surface area (Å²) in [6.45, 7) is 5.91. The first-order chi connectivity index (χ1) is 17.3. The smallest absolute Gasteiger partial charge is 0.293 e. The fourth-order valence-electron chi connectivity index (χ4n) is 4.33. The van der Waals surface area contributed by atoms with Gasteiger partial charge < -0.3 is 15.2 Å². The van der Waals surface area contributed by atoms with E-state index >= 15 is 0 Å². The number of amides is 1. The van der Waals surface area contributed by atoms with E-state index in [1.165, 1.54) is 5.56 Å². The van der Waals surface area contributed by atoms with Crippen LogP contribution in [-0.4, -0.2) is 35.8 Å². The Balaban J connectivity index is 1.36. The molecule has 0 saturated carbocycles. The van der Waals surface area contributed by atoms with Gasteiger partial charge in [0.1, 0.15) is 0 Å². The number of rotatable bonds is 5. The van der Waals surface area contributed by atoms with Crippen LogP contribution in [0.4, 0.5) is 11.6 Å². The third-order valence-electron chi connectivity index (χ3n) is 6.20. The second-order valence-corrected chi connectivity index (χ2v) is 10.2. The molecule has 4 aromatic rings. The van der Waals surface area contributed by atoms with Crippen molar-refractivity contribution in [2.45, 2.75) is 57.9 Å². The van der Waals surface area contributed by atoms with Crippen LogP contribution >= 0.6 is 0 Å². The average molecular weight is 487 g/mol. The third-order valence-corrected chi connectivity index (χ3v) is 6.20. The highest BCUT2D eigenvalue weighted by Gasteiger charge is 2.27. The summed E-state index contributed by atoms with van der Waals surface area (Å²) in [6, 6.07) is 8.09. The van der Waals surface area contributed by atoms with Crippen LogP contribution in [0.2, 0.25) is 0 Å². The fourth-order valence-corrected chi connectivity index (χ4v) is 4.33. The van der Waals surface area contributed by atoms with Crippen LogP contribution in [0.15, 0.2) is 47.4 Å². The van der Waals surface area contributed by atoms with Crippen molar-refractivity contribution in [3.8, 4) is 11.3 Å². The highest BCUT2D eigenvalue weighted by molar-refractivity contribution is 5.90. The summed E-state index contributed by atoms with van der Waals surface area (Å²) in [5.41, 5.74) is 4.67. The number of aromatic nitrogens is 6. The zero-order chi connectivity index (χ0) is 25.3. The molecule has 1 atom stereocenters. The van der Waals surface area contributed by atoms with Crippen molar-refractivity contribution in [1.29, 1.82) is 0 Å². The van der Waals surface area contributed by atoms with Gasteiger partial charge in [0.25, 0.3) is 11.7 Å². The lowest BCUT2D eigenvalue weighted by Crippen LogP contribution is -2.29. The molecular formula is C26H30N8O2. The van der Waals surface area contributed by atoms with Gasteiger partial charge in [0.05, 0.1) is 23.6 Å². The fraction of sp³-hybridized carbons (Fsp3) is 0.385. The molecule has 0 fully saturated rings. The van der Waals surface area contributed by atoms with Gasteiger partial charge in [-0.1, -0.05) is 44.5 Å². The van der Waals surface area contributed by atoms with Crippen molar-refractivity contribution >= 4 is 17.5 Å². The van der Waals surface area contributed by atoms with Gasteiger partial charge in [-0.3, -0.25) is 9.48 Å². The zero-order valence-electron chi connectivity index (χ0n) is 20.9. The molecule has 3 aromatic heterocycles. The molecule has 1 unspecified atom stereocenters. The number of carbonyl (C=O) groups excluding carboxylic acids is 1. The third kappa shape index (κ3) is 5.12. The summed E-state index contributed by atoms with van der Waals surface area (Å²) in [6.07, 6.45) is 9.20. The predicted molar refractivity (Wildman–Crippen MR) is 135 cm³/mol. The van der Waals surface area contributed by atoms with Crippen LogP contribution in [-0.2, 0) is 18.9 Å². The van der Waals surface area contributed by atoms with Crippen molar-refractivity contribution < 1.29 is 9.32 Å². The number of anilines is 2. The maximum absolute atomic E-state index is 12.9. The van der Waals surface area contributed by atoms with Gasteiger partial charge in [-0.05, 0) is 42.5 Å². The molecule has 1 amide bonds. The number of fused-ring (bicyclic) bond motifs is 1. The normalized spacial score (nSPS) is 15.7. The number of hydrogen-bond acceptors (Lipinski definition) is 8. The maximum Gasteiger partial charge on any atom is 0.293 e. The molecule has 1 aliphatic rings. The molecule has 10 heteroatoms. The van der Waals surface area contributed by atoms with Crippen LogP contribution in [0.25, 0.3) is 11.3 Å². The lowest BCUT2D eigenvalue weighted by Gasteiger charge is -2.19. The highest BCUT2D eigenvalue weighted by Crippen LogP contribution is 2.32. The average Bonchev–Trinajstić information content (AvgIpc) is 3.46. The molecule has 0 aliphatic heterocycles. The molecule has 1 aromatic carbocycles. The van der Waals surface area contributed by atoms with Crippen LogP contribution in [0.5, 0.6) is 0 Å². The Morgan fingerprint density at radius 3 is 2.78 bits per heavy atom. The Hall–Kier alpha value is -4.08. The molecule has 0 radical (unpaired) electrons. The molecule has 186 valence electrons. The van der Waals surface area contributed by atoms with Gasteiger partial charge in [0.2, 0.25) is 11.8 Å². The molecule has 5 rings (SSSR count). The molecule has 0 saturated heterocycles. The Labute approximate surface area is 209 Å². The van der Waals surface area contributed by atoms with Crippen molar-refractivity contribution in [1.82, 2.24) is 35.2 Å². The number of carbonyl (C=O) groups is 1. The van der Waals surface area contributed by atoms with Gasteiger partial charge in [-0.2, -0.15) is 10.1 Å². The van der Waals surface area contributed by atoms with Gasteiger partial charge in [-0.15, -0.1) is 0 Å². The van der Waals surface area contributed by atoms with Gasteiger partial charge in [0, 0.05) is 30.4 Å². The Morgan fingerprint density at radius 1 is 1.17 bits per heavy atom. The highest BCUT2D eigenvalue weighted by atomic mass is 16.5. The van der Waals surface area contributed by atoms with Crippen LogP contribution in [0.3, 0.4) is 0 Å². The Bertz CT molecular complexity index is 1380. The molecule has 36 heavy (non-hydrogen) atoms. The van der Waals surface area contributed by atoms with E-state index in [2.05, 4.69) is 43.0 Å². The van der Waals surface area contributed by atoms with Crippen molar-refractivity contribution in [3.05, 3.63) is 65.7 Å². The molecule has 10 nitrogen and oxygen atoms in total. The Morgan fingerprint density at radius 2 is 2.03 bits per heavy atom. The van der Waals surface area contributed by atoms with Crippen molar-refractivity contribution in [2.24, 2.45) is 7.05 Å². The molecule has 1 aliphatic carbocycles. The van der Waals surface area contributed by atoms with Crippen LogP contribution in [0, 0.1) is 0 Å². The minimum absolute atomic E-state index is 0.0666. The largest absolute Gasteiger partial charge is 0.342 e. The van der Waals surface area contributed by atoms with E-state index in [4.69, 9.17) is 9.51 Å². The van der Waals surface area contributed by atoms with E-state index in [0.717, 1.165) is 48.2 Å². The van der Waals surface area contributed by atoms with E-state index in [1.54, 1.807) is 17.1 Å². The second-order valence-electron chi connectivity index (χ2n) is 10.2. The van der Waals surface area contributed by atoms with Crippen molar-refractivity contribution in [3.63, 3.8) is 0 Å². The summed E-state index contributed by atoms with van der Waals surface area (Å²) in [5.74, 6) is 0.700. The van der Waals surface area contributed by atoms with E-state index < -0.39 is 0 Å². The molecule has 3 heterocycles. The second kappa shape index (κ2) is 9.52. The first kappa shape index (κ1) is 23.7. The zero-order valence-corrected chi connectivity index (χ0v) is 20.9. The van der Waals surface area contributed by atoms with Gasteiger partial charge in [-0.25, -0.2) is 9.97 Å². The topological polar surface area (TPSA) is 124 Å². The molecule has 2 N–H and O–H groups in total. The van der Waals surface area contributed by atoms with E-state index in [9.17, 15) is 4.79 Å². The number of nitrogens with zero attached hydrogens (tertiary/aromatic N) is 6. The lowest BCUT2D eigenvalue weighted by molar-refractivity contribution is 0.0921. The van der Waals surface area contributed by atoms with Crippen molar-refractivity contribution in [2.75, 3.05) is 5.32 Å². The summed E-state index contributed by atoms with van der Waals surface area (Å²) in [7, 11) is 1.86. The van der Waals surface area contributed by atoms with Gasteiger partial charge >= 0.3 is 0 Å². The minimum Gasteiger partial charge on any atom is -0.342 e. The lowest BCUT2D eigenvalue weighted by atomic mass is 9.95. The number of hydrogen-bond donors (Lipinski definition) is 2. The van der Waals surface area contributed by atoms with Crippen LogP contribution in [0.1, 0.15) is 73.7 Å². The van der Waals surface area contributed by atoms with E-state index in [-0.39, 0.29) is 23.2 Å². The molecular weight excluding hydrogens is 456 g/mol. The first-order valence-electron chi connectivity index (χ1n) is 12.1. The standard InChI is InChI=1S/C26H30N8O2/c1-26(2,3)24-32-22(33-36-24)23(35)30-21-8-6-5-7-16-13-17(9-10-19(16)21)20-11-12-27-25(31-20)29-18-14-28-34(4)15-18/h9-15,21H,5-8H2,1-4H3,(H,30,35)(H,27,29,31). The van der Waals surface area contributed by atoms with Gasteiger partial charge in [0.15, 0.2) is 0 Å². The first-order valence-corrected chi connectivity index (χ1v) is 12.1. The number of benzene rings is 1. The summed E-state index contributed by atoms with van der Waals surface area (Å²) >= 11 is 0. The summed E-state index contributed by atoms with van der Waals surface area (Å²) in [5, 5.41) is 14.4. The predicted octanol–water partition coefficient (Wildman–Crippen LogP) is 4.50. The molecule has 0 spiro atoms.